The lowest BCUT2D eigenvalue weighted by molar-refractivity contribution is 0.102. The first-order valence-corrected chi connectivity index (χ1v) is 7.20. The molecule has 1 amide bonds. The molecule has 6 heteroatoms. The molecule has 0 aliphatic heterocycles. The van der Waals surface area contributed by atoms with Crippen LogP contribution >= 0.6 is 11.6 Å². The molecule has 0 saturated heterocycles. The normalized spacial score (nSPS) is 10.3. The van der Waals surface area contributed by atoms with Gasteiger partial charge in [0.25, 0.3) is 5.91 Å². The molecule has 5 nitrogen and oxygen atoms in total. The highest BCUT2D eigenvalue weighted by Crippen LogP contribution is 2.27. The number of halogens is 1. The third-order valence-corrected chi connectivity index (χ3v) is 3.43. The van der Waals surface area contributed by atoms with E-state index in [2.05, 4.69) is 10.3 Å². The summed E-state index contributed by atoms with van der Waals surface area (Å²) in [5.74, 6) is 0.669. The maximum absolute atomic E-state index is 12.4. The van der Waals surface area contributed by atoms with E-state index in [1.54, 1.807) is 37.4 Å². The molecule has 1 heterocycles. The lowest BCUT2D eigenvalue weighted by atomic mass is 10.1. The Morgan fingerprint density at radius 1 is 1.22 bits per heavy atom. The summed E-state index contributed by atoms with van der Waals surface area (Å²) in [6, 6.07) is 14.1. The van der Waals surface area contributed by atoms with Crippen LogP contribution in [0.1, 0.15) is 10.5 Å². The molecular formula is C17H13ClN2O3. The molecule has 0 fully saturated rings. The first-order valence-electron chi connectivity index (χ1n) is 6.82. The summed E-state index contributed by atoms with van der Waals surface area (Å²) in [5.41, 5.74) is 1.48. The van der Waals surface area contributed by atoms with Gasteiger partial charge in [0.1, 0.15) is 5.75 Å². The predicted molar refractivity (Wildman–Crippen MR) is 87.9 cm³/mol. The van der Waals surface area contributed by atoms with Crippen LogP contribution in [-0.2, 0) is 0 Å². The zero-order valence-electron chi connectivity index (χ0n) is 12.2. The average Bonchev–Trinajstić information content (AvgIpc) is 3.05. The minimum Gasteiger partial charge on any atom is -0.497 e. The number of amides is 1. The van der Waals surface area contributed by atoms with Crippen molar-refractivity contribution < 1.29 is 13.9 Å². The zero-order chi connectivity index (χ0) is 16.2. The summed E-state index contributed by atoms with van der Waals surface area (Å²) >= 11 is 5.91. The molecule has 0 unspecified atom stereocenters. The highest BCUT2D eigenvalue weighted by atomic mass is 35.5. The Balaban J connectivity index is 1.89. The minimum atomic E-state index is -0.376. The Labute approximate surface area is 137 Å². The van der Waals surface area contributed by atoms with Crippen molar-refractivity contribution in [2.45, 2.75) is 0 Å². The lowest BCUT2D eigenvalue weighted by Gasteiger charge is -2.06. The van der Waals surface area contributed by atoms with Crippen LogP contribution in [0.3, 0.4) is 0 Å². The van der Waals surface area contributed by atoms with E-state index < -0.39 is 0 Å². The van der Waals surface area contributed by atoms with Crippen LogP contribution < -0.4 is 10.1 Å². The molecule has 0 bridgehead atoms. The van der Waals surface area contributed by atoms with Gasteiger partial charge in [-0.15, -0.1) is 0 Å². The van der Waals surface area contributed by atoms with Crippen molar-refractivity contribution in [3.63, 3.8) is 0 Å². The predicted octanol–water partition coefficient (Wildman–Crippen LogP) is 4.26. The van der Waals surface area contributed by atoms with Crippen LogP contribution in [0.4, 0.5) is 5.69 Å². The number of benzene rings is 2. The summed E-state index contributed by atoms with van der Waals surface area (Å²) in [6.07, 6.45) is 1.24. The number of carbonyl (C=O) groups is 1. The fourth-order valence-electron chi connectivity index (χ4n) is 2.13. The molecule has 1 aromatic heterocycles. The number of ether oxygens (including phenoxy) is 1. The van der Waals surface area contributed by atoms with Gasteiger partial charge in [-0.2, -0.15) is 0 Å². The van der Waals surface area contributed by atoms with E-state index in [9.17, 15) is 4.79 Å². The van der Waals surface area contributed by atoms with Crippen LogP contribution in [0.15, 0.2) is 59.3 Å². The van der Waals surface area contributed by atoms with E-state index >= 15 is 0 Å². The summed E-state index contributed by atoms with van der Waals surface area (Å²) < 4.78 is 10.6. The van der Waals surface area contributed by atoms with Crippen molar-refractivity contribution in [2.75, 3.05) is 12.4 Å². The minimum absolute atomic E-state index is 0.193. The molecule has 0 atom stereocenters. The molecule has 0 radical (unpaired) electrons. The molecule has 0 spiro atoms. The van der Waals surface area contributed by atoms with Crippen molar-refractivity contribution in [3.05, 3.63) is 65.6 Å². The number of aromatic nitrogens is 1. The maximum atomic E-state index is 12.4. The van der Waals surface area contributed by atoms with Crippen LogP contribution in [0, 0.1) is 0 Å². The standard InChI is InChI=1S/C17H13ClN2O3/c1-22-14-7-2-4-11(8-14)16-15(19-10-23-16)17(21)20-13-6-3-5-12(18)9-13/h2-10H,1H3,(H,20,21). The zero-order valence-corrected chi connectivity index (χ0v) is 13.0. The number of oxazole rings is 1. The van der Waals surface area contributed by atoms with Crippen molar-refractivity contribution in [2.24, 2.45) is 0 Å². The molecule has 2 aromatic carbocycles. The second-order valence-electron chi connectivity index (χ2n) is 4.73. The van der Waals surface area contributed by atoms with Gasteiger partial charge in [0.05, 0.1) is 7.11 Å². The van der Waals surface area contributed by atoms with Gasteiger partial charge < -0.3 is 14.5 Å². The molecular weight excluding hydrogens is 316 g/mol. The van der Waals surface area contributed by atoms with E-state index in [4.69, 9.17) is 20.8 Å². The number of anilines is 1. The van der Waals surface area contributed by atoms with Gasteiger partial charge in [-0.3, -0.25) is 4.79 Å². The Hall–Kier alpha value is -2.79. The molecule has 116 valence electrons. The summed E-state index contributed by atoms with van der Waals surface area (Å²) in [4.78, 5) is 16.4. The number of hydrogen-bond acceptors (Lipinski definition) is 4. The lowest BCUT2D eigenvalue weighted by Crippen LogP contribution is -2.13. The van der Waals surface area contributed by atoms with E-state index in [-0.39, 0.29) is 11.6 Å². The highest BCUT2D eigenvalue weighted by Gasteiger charge is 2.19. The molecule has 0 aliphatic rings. The third kappa shape index (κ3) is 3.35. The van der Waals surface area contributed by atoms with Crippen LogP contribution in [0.5, 0.6) is 5.75 Å². The number of methoxy groups -OCH3 is 1. The van der Waals surface area contributed by atoms with E-state index in [1.807, 2.05) is 18.2 Å². The van der Waals surface area contributed by atoms with E-state index in [1.165, 1.54) is 6.39 Å². The fraction of sp³-hybridized carbons (Fsp3) is 0.0588. The number of hydrogen-bond donors (Lipinski definition) is 1. The Kier molecular flexibility index (Phi) is 4.30. The number of nitrogens with one attached hydrogen (secondary N) is 1. The van der Waals surface area contributed by atoms with Gasteiger partial charge in [0, 0.05) is 16.3 Å². The molecule has 3 aromatic rings. The van der Waals surface area contributed by atoms with Crippen LogP contribution in [-0.4, -0.2) is 18.0 Å². The monoisotopic (exact) mass is 328 g/mol. The van der Waals surface area contributed by atoms with Gasteiger partial charge >= 0.3 is 0 Å². The summed E-state index contributed by atoms with van der Waals surface area (Å²) in [6.45, 7) is 0. The van der Waals surface area contributed by atoms with E-state index in [0.717, 1.165) is 0 Å². The van der Waals surface area contributed by atoms with Gasteiger partial charge in [-0.25, -0.2) is 4.98 Å². The largest absolute Gasteiger partial charge is 0.497 e. The molecule has 3 rings (SSSR count). The van der Waals surface area contributed by atoms with E-state index in [0.29, 0.717) is 27.8 Å². The van der Waals surface area contributed by atoms with Crippen molar-refractivity contribution in [1.29, 1.82) is 0 Å². The summed E-state index contributed by atoms with van der Waals surface area (Å²) in [7, 11) is 1.58. The quantitative estimate of drug-likeness (QED) is 0.777. The topological polar surface area (TPSA) is 64.4 Å². The smallest absolute Gasteiger partial charge is 0.278 e. The molecule has 0 aliphatic carbocycles. The van der Waals surface area contributed by atoms with Gasteiger partial charge in [0.2, 0.25) is 0 Å². The second kappa shape index (κ2) is 6.54. The first-order chi connectivity index (χ1) is 11.2. The number of carbonyl (C=O) groups excluding carboxylic acids is 1. The Bertz CT molecular complexity index is 845. The first kappa shape index (κ1) is 15.1. The third-order valence-electron chi connectivity index (χ3n) is 3.20. The fourth-order valence-corrected chi connectivity index (χ4v) is 2.32. The van der Waals surface area contributed by atoms with Gasteiger partial charge in [-0.1, -0.05) is 29.8 Å². The van der Waals surface area contributed by atoms with Gasteiger partial charge in [-0.05, 0) is 30.3 Å². The molecule has 1 N–H and O–H groups in total. The van der Waals surface area contributed by atoms with Crippen molar-refractivity contribution >= 4 is 23.2 Å². The molecule has 0 saturated carbocycles. The Morgan fingerprint density at radius 3 is 2.83 bits per heavy atom. The van der Waals surface area contributed by atoms with Gasteiger partial charge in [0.15, 0.2) is 17.8 Å². The SMILES string of the molecule is COc1cccc(-c2ocnc2C(=O)Nc2cccc(Cl)c2)c1. The highest BCUT2D eigenvalue weighted by molar-refractivity contribution is 6.31. The Morgan fingerprint density at radius 2 is 2.04 bits per heavy atom. The number of rotatable bonds is 4. The average molecular weight is 329 g/mol. The van der Waals surface area contributed by atoms with Crippen molar-refractivity contribution in [1.82, 2.24) is 4.98 Å². The summed E-state index contributed by atoms with van der Waals surface area (Å²) in [5, 5.41) is 3.28. The maximum Gasteiger partial charge on any atom is 0.278 e. The van der Waals surface area contributed by atoms with Crippen LogP contribution in [0.2, 0.25) is 5.02 Å². The van der Waals surface area contributed by atoms with Crippen LogP contribution in [0.25, 0.3) is 11.3 Å². The molecule has 23 heavy (non-hydrogen) atoms. The second-order valence-corrected chi connectivity index (χ2v) is 5.16. The van der Waals surface area contributed by atoms with Crippen molar-refractivity contribution in [3.8, 4) is 17.1 Å². The number of nitrogens with zero attached hydrogens (tertiary/aromatic N) is 1.